The lowest BCUT2D eigenvalue weighted by atomic mass is 10.3. The molecular weight excluding hydrogens is 226 g/mol. The van der Waals surface area contributed by atoms with Crippen LogP contribution in [0.25, 0.3) is 5.69 Å². The van der Waals surface area contributed by atoms with E-state index in [1.54, 1.807) is 0 Å². The third kappa shape index (κ3) is 2.44. The number of benzene rings is 1. The lowest BCUT2D eigenvalue weighted by Gasteiger charge is -2.12. The fourth-order valence-electron chi connectivity index (χ4n) is 2.36. The van der Waals surface area contributed by atoms with Gasteiger partial charge in [0.25, 0.3) is 0 Å². The van der Waals surface area contributed by atoms with Gasteiger partial charge in [-0.3, -0.25) is 4.90 Å². The molecule has 1 saturated heterocycles. The predicted molar refractivity (Wildman–Crippen MR) is 69.5 cm³/mol. The highest BCUT2D eigenvalue weighted by molar-refractivity contribution is 5.30. The predicted octanol–water partition coefficient (Wildman–Crippen LogP) is 1.44. The van der Waals surface area contributed by atoms with E-state index in [4.69, 9.17) is 0 Å². The molecule has 0 spiro atoms. The maximum Gasteiger partial charge on any atom is 0.0769 e. The summed E-state index contributed by atoms with van der Waals surface area (Å²) in [5.74, 6) is 0. The van der Waals surface area contributed by atoms with E-state index in [0.717, 1.165) is 37.4 Å². The number of aliphatic hydroxyl groups excluding tert-OH is 1. The standard InChI is InChI=1S/C14H17N3O/c18-14-7-8-16(11-14)10-12-6-9-17(15-12)13-4-2-1-3-5-13/h1-6,9,14,18H,7-8,10-11H2/t14-/m0/s1. The maximum atomic E-state index is 9.49. The van der Waals surface area contributed by atoms with Crippen molar-refractivity contribution in [2.45, 2.75) is 19.1 Å². The molecule has 0 amide bonds. The molecule has 1 fully saturated rings. The normalized spacial score (nSPS) is 20.4. The molecule has 1 atom stereocenters. The van der Waals surface area contributed by atoms with Crippen LogP contribution in [0.1, 0.15) is 12.1 Å². The summed E-state index contributed by atoms with van der Waals surface area (Å²) in [6.07, 6.45) is 2.69. The minimum absolute atomic E-state index is 0.166. The number of hydrogen-bond donors (Lipinski definition) is 1. The van der Waals surface area contributed by atoms with Crippen LogP contribution in [0.2, 0.25) is 0 Å². The zero-order valence-corrected chi connectivity index (χ0v) is 10.2. The fraction of sp³-hybridized carbons (Fsp3) is 0.357. The number of aromatic nitrogens is 2. The highest BCUT2D eigenvalue weighted by atomic mass is 16.3. The molecule has 0 unspecified atom stereocenters. The quantitative estimate of drug-likeness (QED) is 0.887. The van der Waals surface area contributed by atoms with Gasteiger partial charge in [0.2, 0.25) is 0 Å². The number of para-hydroxylation sites is 1. The zero-order valence-electron chi connectivity index (χ0n) is 10.2. The molecule has 1 aliphatic heterocycles. The van der Waals surface area contributed by atoms with Crippen molar-refractivity contribution in [1.29, 1.82) is 0 Å². The van der Waals surface area contributed by atoms with Crippen molar-refractivity contribution in [3.05, 3.63) is 48.3 Å². The molecule has 1 aliphatic rings. The maximum absolute atomic E-state index is 9.49. The first-order valence-electron chi connectivity index (χ1n) is 6.32. The number of β-amino-alcohol motifs (C(OH)–C–C–N with tert-alkyl or cyclic N) is 1. The molecule has 1 aromatic heterocycles. The van der Waals surface area contributed by atoms with E-state index in [1.165, 1.54) is 0 Å². The monoisotopic (exact) mass is 243 g/mol. The first-order chi connectivity index (χ1) is 8.81. The average molecular weight is 243 g/mol. The molecule has 2 aromatic rings. The van der Waals surface area contributed by atoms with Gasteiger partial charge in [0.15, 0.2) is 0 Å². The van der Waals surface area contributed by atoms with Crippen molar-refractivity contribution >= 4 is 0 Å². The van der Waals surface area contributed by atoms with E-state index in [9.17, 15) is 5.11 Å². The van der Waals surface area contributed by atoms with E-state index >= 15 is 0 Å². The summed E-state index contributed by atoms with van der Waals surface area (Å²) in [6, 6.07) is 12.1. The van der Waals surface area contributed by atoms with Gasteiger partial charge >= 0.3 is 0 Å². The van der Waals surface area contributed by atoms with Gasteiger partial charge in [0.1, 0.15) is 0 Å². The highest BCUT2D eigenvalue weighted by Crippen LogP contribution is 2.13. The Hall–Kier alpha value is -1.65. The van der Waals surface area contributed by atoms with Crippen molar-refractivity contribution in [3.63, 3.8) is 0 Å². The Morgan fingerprint density at radius 2 is 2.06 bits per heavy atom. The smallest absolute Gasteiger partial charge is 0.0769 e. The number of nitrogens with zero attached hydrogens (tertiary/aromatic N) is 3. The molecule has 4 heteroatoms. The van der Waals surface area contributed by atoms with E-state index in [2.05, 4.69) is 10.00 Å². The van der Waals surface area contributed by atoms with Gasteiger partial charge in [-0.1, -0.05) is 18.2 Å². The summed E-state index contributed by atoms with van der Waals surface area (Å²) < 4.78 is 1.89. The molecule has 4 nitrogen and oxygen atoms in total. The molecule has 0 radical (unpaired) electrons. The van der Waals surface area contributed by atoms with Crippen LogP contribution in [0.4, 0.5) is 0 Å². The Morgan fingerprint density at radius 3 is 2.78 bits per heavy atom. The Kier molecular flexibility index (Phi) is 3.13. The van der Waals surface area contributed by atoms with Crippen LogP contribution in [0.5, 0.6) is 0 Å². The number of aliphatic hydroxyl groups is 1. The van der Waals surface area contributed by atoms with Crippen LogP contribution in [0.15, 0.2) is 42.6 Å². The van der Waals surface area contributed by atoms with Gasteiger partial charge in [0, 0.05) is 25.8 Å². The van der Waals surface area contributed by atoms with Gasteiger partial charge in [-0.15, -0.1) is 0 Å². The highest BCUT2D eigenvalue weighted by Gasteiger charge is 2.20. The topological polar surface area (TPSA) is 41.3 Å². The molecule has 1 N–H and O–H groups in total. The Balaban J connectivity index is 1.70. The van der Waals surface area contributed by atoms with Crippen molar-refractivity contribution < 1.29 is 5.11 Å². The second-order valence-electron chi connectivity index (χ2n) is 4.76. The fourth-order valence-corrected chi connectivity index (χ4v) is 2.36. The van der Waals surface area contributed by atoms with E-state index < -0.39 is 0 Å². The Morgan fingerprint density at radius 1 is 1.22 bits per heavy atom. The van der Waals surface area contributed by atoms with Gasteiger partial charge in [-0.25, -0.2) is 4.68 Å². The van der Waals surface area contributed by atoms with Gasteiger partial charge in [-0.05, 0) is 24.6 Å². The van der Waals surface area contributed by atoms with Crippen LogP contribution >= 0.6 is 0 Å². The second kappa shape index (κ2) is 4.92. The van der Waals surface area contributed by atoms with Crippen LogP contribution in [0.3, 0.4) is 0 Å². The summed E-state index contributed by atoms with van der Waals surface area (Å²) in [5.41, 5.74) is 2.12. The lowest BCUT2D eigenvalue weighted by molar-refractivity contribution is 0.174. The summed E-state index contributed by atoms with van der Waals surface area (Å²) in [7, 11) is 0. The average Bonchev–Trinajstić information content (AvgIpc) is 3.01. The van der Waals surface area contributed by atoms with Crippen molar-refractivity contribution in [2.75, 3.05) is 13.1 Å². The summed E-state index contributed by atoms with van der Waals surface area (Å²) >= 11 is 0. The molecule has 94 valence electrons. The SMILES string of the molecule is O[C@H]1CCN(Cc2ccn(-c3ccccc3)n2)C1. The van der Waals surface area contributed by atoms with E-state index in [0.29, 0.717) is 0 Å². The van der Waals surface area contributed by atoms with Crippen molar-refractivity contribution in [1.82, 2.24) is 14.7 Å². The van der Waals surface area contributed by atoms with Crippen molar-refractivity contribution in [2.24, 2.45) is 0 Å². The first kappa shape index (κ1) is 11.4. The Labute approximate surface area is 106 Å². The minimum atomic E-state index is -0.166. The molecule has 0 saturated carbocycles. The number of rotatable bonds is 3. The largest absolute Gasteiger partial charge is 0.392 e. The van der Waals surface area contributed by atoms with Gasteiger partial charge in [-0.2, -0.15) is 5.10 Å². The first-order valence-corrected chi connectivity index (χ1v) is 6.32. The van der Waals surface area contributed by atoms with Gasteiger partial charge in [0.05, 0.1) is 17.5 Å². The summed E-state index contributed by atoms with van der Waals surface area (Å²) in [5, 5.41) is 14.1. The lowest BCUT2D eigenvalue weighted by Crippen LogP contribution is -2.21. The van der Waals surface area contributed by atoms with Crippen LogP contribution in [0, 0.1) is 0 Å². The zero-order chi connectivity index (χ0) is 12.4. The summed E-state index contributed by atoms with van der Waals surface area (Å²) in [4.78, 5) is 2.24. The van der Waals surface area contributed by atoms with Gasteiger partial charge < -0.3 is 5.11 Å². The molecule has 3 rings (SSSR count). The van der Waals surface area contributed by atoms with Crippen molar-refractivity contribution in [3.8, 4) is 5.69 Å². The number of hydrogen-bond acceptors (Lipinski definition) is 3. The molecule has 2 heterocycles. The molecule has 0 bridgehead atoms. The molecule has 0 aliphatic carbocycles. The minimum Gasteiger partial charge on any atom is -0.392 e. The van der Waals surface area contributed by atoms with Crippen LogP contribution in [-0.4, -0.2) is 39.0 Å². The molecule has 18 heavy (non-hydrogen) atoms. The molecule has 1 aromatic carbocycles. The van der Waals surface area contributed by atoms with Crippen LogP contribution < -0.4 is 0 Å². The second-order valence-corrected chi connectivity index (χ2v) is 4.76. The summed E-state index contributed by atoms with van der Waals surface area (Å²) in [6.45, 7) is 2.54. The Bertz CT molecular complexity index is 509. The van der Waals surface area contributed by atoms with Crippen LogP contribution in [-0.2, 0) is 6.54 Å². The third-order valence-electron chi connectivity index (χ3n) is 3.30. The van der Waals surface area contributed by atoms with E-state index in [1.807, 2.05) is 47.3 Å². The molecular formula is C14H17N3O. The van der Waals surface area contributed by atoms with E-state index in [-0.39, 0.29) is 6.10 Å². The number of likely N-dealkylation sites (tertiary alicyclic amines) is 1. The third-order valence-corrected chi connectivity index (χ3v) is 3.30.